The Bertz CT molecular complexity index is 466. The Kier molecular flexibility index (Phi) is 3.97. The SMILES string of the molecule is Cc1ccc(F)cc1OCC1CCC2(CCCCC2)O1. The van der Waals surface area contributed by atoms with E-state index in [1.807, 2.05) is 6.92 Å². The van der Waals surface area contributed by atoms with Crippen molar-refractivity contribution in [2.24, 2.45) is 0 Å². The Hall–Kier alpha value is -1.09. The molecule has 3 heteroatoms. The van der Waals surface area contributed by atoms with Gasteiger partial charge in [0.25, 0.3) is 0 Å². The number of hydrogen-bond acceptors (Lipinski definition) is 2. The van der Waals surface area contributed by atoms with Crippen molar-refractivity contribution in [1.82, 2.24) is 0 Å². The summed E-state index contributed by atoms with van der Waals surface area (Å²) in [6.07, 6.45) is 8.69. The standard InChI is InChI=1S/C17H23FO2/c1-13-5-6-14(18)11-16(13)19-12-15-7-10-17(20-15)8-3-2-4-9-17/h5-6,11,15H,2-4,7-10,12H2,1H3. The maximum absolute atomic E-state index is 13.2. The van der Waals surface area contributed by atoms with E-state index in [4.69, 9.17) is 9.47 Å². The van der Waals surface area contributed by atoms with Crippen molar-refractivity contribution in [3.05, 3.63) is 29.6 Å². The van der Waals surface area contributed by atoms with Crippen molar-refractivity contribution in [2.75, 3.05) is 6.61 Å². The Labute approximate surface area is 120 Å². The van der Waals surface area contributed by atoms with Crippen LogP contribution in [0.2, 0.25) is 0 Å². The highest BCUT2D eigenvalue weighted by molar-refractivity contribution is 5.32. The van der Waals surface area contributed by atoms with Crippen molar-refractivity contribution in [1.29, 1.82) is 0 Å². The second kappa shape index (κ2) is 5.72. The molecule has 0 amide bonds. The average Bonchev–Trinajstić information content (AvgIpc) is 2.84. The molecule has 1 atom stereocenters. The second-order valence-corrected chi connectivity index (χ2v) is 6.24. The van der Waals surface area contributed by atoms with Crippen LogP contribution in [0.1, 0.15) is 50.5 Å². The van der Waals surface area contributed by atoms with E-state index in [9.17, 15) is 4.39 Å². The van der Waals surface area contributed by atoms with E-state index >= 15 is 0 Å². The van der Waals surface area contributed by atoms with E-state index in [1.165, 1.54) is 44.2 Å². The largest absolute Gasteiger partial charge is 0.491 e. The maximum Gasteiger partial charge on any atom is 0.126 e. The molecule has 1 aliphatic carbocycles. The molecule has 1 spiro atoms. The van der Waals surface area contributed by atoms with Crippen molar-refractivity contribution in [3.8, 4) is 5.75 Å². The number of rotatable bonds is 3. The summed E-state index contributed by atoms with van der Waals surface area (Å²) in [6, 6.07) is 4.68. The zero-order chi connectivity index (χ0) is 14.0. The highest BCUT2D eigenvalue weighted by Gasteiger charge is 2.40. The molecule has 0 radical (unpaired) electrons. The first kappa shape index (κ1) is 13.9. The van der Waals surface area contributed by atoms with Gasteiger partial charge in [-0.15, -0.1) is 0 Å². The lowest BCUT2D eigenvalue weighted by Crippen LogP contribution is -2.32. The molecule has 110 valence electrons. The summed E-state index contributed by atoms with van der Waals surface area (Å²) in [7, 11) is 0. The molecule has 1 aromatic carbocycles. The van der Waals surface area contributed by atoms with Gasteiger partial charge in [-0.2, -0.15) is 0 Å². The van der Waals surface area contributed by atoms with Gasteiger partial charge in [0.2, 0.25) is 0 Å². The van der Waals surface area contributed by atoms with Crippen LogP contribution in [0.15, 0.2) is 18.2 Å². The lowest BCUT2D eigenvalue weighted by atomic mass is 9.83. The number of ether oxygens (including phenoxy) is 2. The molecule has 2 fully saturated rings. The van der Waals surface area contributed by atoms with Crippen LogP contribution in [-0.4, -0.2) is 18.3 Å². The first-order valence-electron chi connectivity index (χ1n) is 7.74. The molecular weight excluding hydrogens is 255 g/mol. The molecule has 1 heterocycles. The van der Waals surface area contributed by atoms with E-state index < -0.39 is 0 Å². The fourth-order valence-electron chi connectivity index (χ4n) is 3.49. The normalized spacial score (nSPS) is 25.0. The van der Waals surface area contributed by atoms with Crippen LogP contribution in [-0.2, 0) is 4.74 Å². The third kappa shape index (κ3) is 2.98. The molecule has 1 saturated carbocycles. The van der Waals surface area contributed by atoms with Gasteiger partial charge in [0.05, 0.1) is 11.7 Å². The van der Waals surface area contributed by atoms with E-state index in [1.54, 1.807) is 6.07 Å². The average molecular weight is 278 g/mol. The predicted molar refractivity (Wildman–Crippen MR) is 76.6 cm³/mol. The molecule has 2 aliphatic rings. The highest BCUT2D eigenvalue weighted by Crippen LogP contribution is 2.42. The number of aryl methyl sites for hydroxylation is 1. The monoisotopic (exact) mass is 278 g/mol. The molecular formula is C17H23FO2. The first-order valence-corrected chi connectivity index (χ1v) is 7.74. The minimum Gasteiger partial charge on any atom is -0.491 e. The van der Waals surface area contributed by atoms with Crippen molar-refractivity contribution < 1.29 is 13.9 Å². The van der Waals surface area contributed by atoms with E-state index in [0.717, 1.165) is 18.4 Å². The fourth-order valence-corrected chi connectivity index (χ4v) is 3.49. The van der Waals surface area contributed by atoms with Gasteiger partial charge in [-0.05, 0) is 44.2 Å². The number of halogens is 1. The second-order valence-electron chi connectivity index (χ2n) is 6.24. The van der Waals surface area contributed by atoms with Crippen LogP contribution in [0.3, 0.4) is 0 Å². The smallest absolute Gasteiger partial charge is 0.126 e. The zero-order valence-electron chi connectivity index (χ0n) is 12.2. The number of hydrogen-bond donors (Lipinski definition) is 0. The van der Waals surface area contributed by atoms with E-state index in [-0.39, 0.29) is 17.5 Å². The summed E-state index contributed by atoms with van der Waals surface area (Å²) < 4.78 is 25.3. The van der Waals surface area contributed by atoms with Gasteiger partial charge in [0.1, 0.15) is 18.2 Å². The van der Waals surface area contributed by atoms with Crippen LogP contribution in [0.5, 0.6) is 5.75 Å². The molecule has 3 rings (SSSR count). The quantitative estimate of drug-likeness (QED) is 0.816. The number of benzene rings is 1. The first-order chi connectivity index (χ1) is 9.67. The highest BCUT2D eigenvalue weighted by atomic mass is 19.1. The van der Waals surface area contributed by atoms with Crippen LogP contribution >= 0.6 is 0 Å². The van der Waals surface area contributed by atoms with Gasteiger partial charge >= 0.3 is 0 Å². The predicted octanol–water partition coefficient (Wildman–Crippen LogP) is 4.39. The summed E-state index contributed by atoms with van der Waals surface area (Å²) in [5.74, 6) is 0.389. The van der Waals surface area contributed by atoms with Gasteiger partial charge in [-0.25, -0.2) is 4.39 Å². The topological polar surface area (TPSA) is 18.5 Å². The summed E-state index contributed by atoms with van der Waals surface area (Å²) in [4.78, 5) is 0. The van der Waals surface area contributed by atoms with Crippen molar-refractivity contribution in [2.45, 2.75) is 63.6 Å². The molecule has 0 bridgehead atoms. The van der Waals surface area contributed by atoms with Crippen LogP contribution in [0, 0.1) is 12.7 Å². The van der Waals surface area contributed by atoms with E-state index in [2.05, 4.69) is 0 Å². The summed E-state index contributed by atoms with van der Waals surface area (Å²) in [6.45, 7) is 2.47. The molecule has 1 aliphatic heterocycles. The lowest BCUT2D eigenvalue weighted by Gasteiger charge is -2.33. The van der Waals surface area contributed by atoms with Gasteiger partial charge in [-0.3, -0.25) is 0 Å². The summed E-state index contributed by atoms with van der Waals surface area (Å²) in [5, 5.41) is 0. The lowest BCUT2D eigenvalue weighted by molar-refractivity contribution is -0.0749. The zero-order valence-corrected chi connectivity index (χ0v) is 12.2. The Morgan fingerprint density at radius 1 is 1.25 bits per heavy atom. The van der Waals surface area contributed by atoms with Crippen LogP contribution in [0.25, 0.3) is 0 Å². The van der Waals surface area contributed by atoms with E-state index in [0.29, 0.717) is 12.4 Å². The minimum atomic E-state index is -0.248. The Balaban J connectivity index is 1.56. The Morgan fingerprint density at radius 3 is 2.85 bits per heavy atom. The van der Waals surface area contributed by atoms with Crippen molar-refractivity contribution in [3.63, 3.8) is 0 Å². The summed E-state index contributed by atoms with van der Waals surface area (Å²) in [5.41, 5.74) is 1.10. The molecule has 1 saturated heterocycles. The minimum absolute atomic E-state index is 0.128. The van der Waals surface area contributed by atoms with Crippen LogP contribution < -0.4 is 4.74 Å². The Morgan fingerprint density at radius 2 is 2.05 bits per heavy atom. The molecule has 2 nitrogen and oxygen atoms in total. The van der Waals surface area contributed by atoms with Gasteiger partial charge in [0.15, 0.2) is 0 Å². The van der Waals surface area contributed by atoms with Gasteiger partial charge in [-0.1, -0.05) is 25.3 Å². The molecule has 20 heavy (non-hydrogen) atoms. The van der Waals surface area contributed by atoms with Gasteiger partial charge in [0, 0.05) is 6.07 Å². The van der Waals surface area contributed by atoms with Gasteiger partial charge < -0.3 is 9.47 Å². The molecule has 0 N–H and O–H groups in total. The third-order valence-corrected chi connectivity index (χ3v) is 4.68. The summed E-state index contributed by atoms with van der Waals surface area (Å²) >= 11 is 0. The fraction of sp³-hybridized carbons (Fsp3) is 0.647. The van der Waals surface area contributed by atoms with Crippen LogP contribution in [0.4, 0.5) is 4.39 Å². The maximum atomic E-state index is 13.2. The van der Waals surface area contributed by atoms with Crippen molar-refractivity contribution >= 4 is 0 Å². The molecule has 0 aromatic heterocycles. The molecule has 1 unspecified atom stereocenters. The molecule has 1 aromatic rings. The third-order valence-electron chi connectivity index (χ3n) is 4.68.